The molecule has 1 unspecified atom stereocenters. The minimum absolute atomic E-state index is 0.0830. The Morgan fingerprint density at radius 2 is 2.19 bits per heavy atom. The predicted octanol–water partition coefficient (Wildman–Crippen LogP) is 3.15. The lowest BCUT2D eigenvalue weighted by Crippen LogP contribution is -2.02. The maximum Gasteiger partial charge on any atom is 0.153 e. The fourth-order valence-corrected chi connectivity index (χ4v) is 1.41. The number of hydrogen-bond acceptors (Lipinski definition) is 3. The lowest BCUT2D eigenvalue weighted by Gasteiger charge is -1.97. The molecule has 0 aliphatic heterocycles. The summed E-state index contributed by atoms with van der Waals surface area (Å²) in [7, 11) is 0. The molecule has 0 bridgehead atoms. The molecule has 84 valence electrons. The Bertz CT molecular complexity index is 510. The highest BCUT2D eigenvalue weighted by molar-refractivity contribution is 6.30. The molecule has 1 atom stereocenters. The van der Waals surface area contributed by atoms with Crippen LogP contribution in [0.5, 0.6) is 0 Å². The zero-order valence-electron chi connectivity index (χ0n) is 8.58. The van der Waals surface area contributed by atoms with Crippen LogP contribution in [-0.4, -0.2) is 5.16 Å². The molecule has 2 rings (SSSR count). The van der Waals surface area contributed by atoms with Crippen molar-refractivity contribution in [2.75, 3.05) is 0 Å². The molecule has 5 heteroatoms. The molecule has 0 radical (unpaired) electrons. The summed E-state index contributed by atoms with van der Waals surface area (Å²) < 4.78 is 18.2. The molecule has 2 aromatic rings. The summed E-state index contributed by atoms with van der Waals surface area (Å²) >= 11 is 5.58. The molecule has 0 aliphatic carbocycles. The smallest absolute Gasteiger partial charge is 0.153 e. The van der Waals surface area contributed by atoms with Crippen LogP contribution < -0.4 is 5.73 Å². The van der Waals surface area contributed by atoms with Crippen LogP contribution >= 0.6 is 11.6 Å². The summed E-state index contributed by atoms with van der Waals surface area (Å²) in [5, 5.41) is 3.90. The first kappa shape index (κ1) is 11.1. The van der Waals surface area contributed by atoms with Gasteiger partial charge in [-0.2, -0.15) is 0 Å². The molecule has 1 heterocycles. The highest BCUT2D eigenvalue weighted by Gasteiger charge is 2.11. The summed E-state index contributed by atoms with van der Waals surface area (Å²) in [6.07, 6.45) is 0. The molecular weight excluding hydrogens is 231 g/mol. The third-order valence-electron chi connectivity index (χ3n) is 2.19. The number of hydrogen-bond donors (Lipinski definition) is 1. The van der Waals surface area contributed by atoms with Gasteiger partial charge in [-0.15, -0.1) is 0 Å². The molecule has 0 aliphatic rings. The lowest BCUT2D eigenvalue weighted by molar-refractivity contribution is 0.369. The number of nitrogens with two attached hydrogens (primary N) is 1. The van der Waals surface area contributed by atoms with Crippen LogP contribution in [0.2, 0.25) is 5.02 Å². The molecule has 1 aromatic heterocycles. The summed E-state index contributed by atoms with van der Waals surface area (Å²) in [6, 6.07) is 5.91. The highest BCUT2D eigenvalue weighted by atomic mass is 35.5. The molecule has 2 N–H and O–H groups in total. The van der Waals surface area contributed by atoms with Gasteiger partial charge in [-0.25, -0.2) is 4.39 Å². The van der Waals surface area contributed by atoms with E-state index in [9.17, 15) is 4.39 Å². The highest BCUT2D eigenvalue weighted by Crippen LogP contribution is 2.25. The van der Waals surface area contributed by atoms with E-state index >= 15 is 0 Å². The Morgan fingerprint density at radius 3 is 2.75 bits per heavy atom. The Morgan fingerprint density at radius 1 is 1.44 bits per heavy atom. The zero-order valence-corrected chi connectivity index (χ0v) is 9.33. The van der Waals surface area contributed by atoms with E-state index in [0.717, 1.165) is 0 Å². The van der Waals surface area contributed by atoms with Crippen LogP contribution in [-0.2, 0) is 0 Å². The van der Waals surface area contributed by atoms with E-state index in [2.05, 4.69) is 5.16 Å². The van der Waals surface area contributed by atoms with Gasteiger partial charge in [-0.05, 0) is 19.1 Å². The second kappa shape index (κ2) is 4.23. The van der Waals surface area contributed by atoms with E-state index in [4.69, 9.17) is 21.9 Å². The first-order valence-corrected chi connectivity index (χ1v) is 5.13. The van der Waals surface area contributed by atoms with Crippen LogP contribution in [0.25, 0.3) is 11.3 Å². The fourth-order valence-electron chi connectivity index (χ4n) is 1.30. The van der Waals surface area contributed by atoms with Gasteiger partial charge in [0.1, 0.15) is 11.5 Å². The average Bonchev–Trinajstić information content (AvgIpc) is 2.71. The molecule has 0 saturated heterocycles. The topological polar surface area (TPSA) is 52.0 Å². The van der Waals surface area contributed by atoms with E-state index in [1.807, 2.05) is 0 Å². The van der Waals surface area contributed by atoms with E-state index in [1.165, 1.54) is 12.1 Å². The van der Waals surface area contributed by atoms with Gasteiger partial charge in [-0.3, -0.25) is 0 Å². The Balaban J connectivity index is 2.39. The second-order valence-corrected chi connectivity index (χ2v) is 3.94. The van der Waals surface area contributed by atoms with Crippen LogP contribution in [0.4, 0.5) is 4.39 Å². The third kappa shape index (κ3) is 2.08. The minimum atomic E-state index is -0.482. The van der Waals surface area contributed by atoms with E-state index < -0.39 is 5.82 Å². The standard InChI is InChI=1S/C11H10ClFN2O/c1-6(14)11-5-10(15-16-11)7-2-3-8(12)9(13)4-7/h2-6H,14H2,1H3. The maximum absolute atomic E-state index is 13.2. The van der Waals surface area contributed by atoms with Gasteiger partial charge < -0.3 is 10.3 Å². The van der Waals surface area contributed by atoms with Gasteiger partial charge in [-0.1, -0.05) is 22.8 Å². The second-order valence-electron chi connectivity index (χ2n) is 3.53. The van der Waals surface area contributed by atoms with Gasteiger partial charge in [0, 0.05) is 11.6 Å². The maximum atomic E-state index is 13.2. The van der Waals surface area contributed by atoms with Gasteiger partial charge in [0.15, 0.2) is 5.76 Å². The average molecular weight is 241 g/mol. The van der Waals surface area contributed by atoms with Crippen molar-refractivity contribution in [3.8, 4) is 11.3 Å². The Labute approximate surface area is 97.0 Å². The van der Waals surface area contributed by atoms with E-state index in [-0.39, 0.29) is 11.1 Å². The SMILES string of the molecule is CC(N)c1cc(-c2ccc(Cl)c(F)c2)no1. The summed E-state index contributed by atoms with van der Waals surface area (Å²) in [6.45, 7) is 1.78. The van der Waals surface area contributed by atoms with Crippen LogP contribution in [0.3, 0.4) is 0 Å². The molecule has 0 amide bonds. The first-order chi connectivity index (χ1) is 7.58. The van der Waals surface area contributed by atoms with Gasteiger partial charge in [0.05, 0.1) is 11.1 Å². The summed E-state index contributed by atoms with van der Waals surface area (Å²) in [5.74, 6) is 0.0786. The number of rotatable bonds is 2. The first-order valence-electron chi connectivity index (χ1n) is 4.75. The molecule has 0 spiro atoms. The minimum Gasteiger partial charge on any atom is -0.359 e. The van der Waals surface area contributed by atoms with Gasteiger partial charge in [0.25, 0.3) is 0 Å². The molecular formula is C11H10ClFN2O. The molecule has 0 saturated carbocycles. The molecule has 16 heavy (non-hydrogen) atoms. The van der Waals surface area contributed by atoms with Crippen molar-refractivity contribution in [3.05, 3.63) is 40.9 Å². The monoisotopic (exact) mass is 240 g/mol. The van der Waals surface area contributed by atoms with Crippen molar-refractivity contribution in [3.63, 3.8) is 0 Å². The van der Waals surface area contributed by atoms with Gasteiger partial charge >= 0.3 is 0 Å². The summed E-state index contributed by atoms with van der Waals surface area (Å²) in [4.78, 5) is 0. The largest absolute Gasteiger partial charge is 0.359 e. The van der Waals surface area contributed by atoms with E-state index in [1.54, 1.807) is 19.1 Å². The normalized spacial score (nSPS) is 12.8. The van der Waals surface area contributed by atoms with Crippen molar-refractivity contribution < 1.29 is 8.91 Å². The predicted molar refractivity (Wildman–Crippen MR) is 59.5 cm³/mol. The lowest BCUT2D eigenvalue weighted by atomic mass is 10.1. The van der Waals surface area contributed by atoms with Crippen molar-refractivity contribution in [1.29, 1.82) is 0 Å². The van der Waals surface area contributed by atoms with Crippen LogP contribution in [0.1, 0.15) is 18.7 Å². The molecule has 3 nitrogen and oxygen atoms in total. The van der Waals surface area contributed by atoms with Crippen LogP contribution in [0, 0.1) is 5.82 Å². The number of benzene rings is 1. The van der Waals surface area contributed by atoms with Gasteiger partial charge in [0.2, 0.25) is 0 Å². The van der Waals surface area contributed by atoms with Crippen molar-refractivity contribution in [1.82, 2.24) is 5.16 Å². The Kier molecular flexibility index (Phi) is 2.94. The Hall–Kier alpha value is -1.39. The molecule has 0 fully saturated rings. The van der Waals surface area contributed by atoms with Crippen LogP contribution in [0.15, 0.2) is 28.8 Å². The summed E-state index contributed by atoms with van der Waals surface area (Å²) in [5.41, 5.74) is 6.78. The third-order valence-corrected chi connectivity index (χ3v) is 2.50. The number of nitrogens with zero attached hydrogens (tertiary/aromatic N) is 1. The number of aromatic nitrogens is 1. The van der Waals surface area contributed by atoms with Crippen molar-refractivity contribution in [2.24, 2.45) is 5.73 Å². The van der Waals surface area contributed by atoms with Crippen molar-refractivity contribution >= 4 is 11.6 Å². The van der Waals surface area contributed by atoms with Crippen molar-refractivity contribution in [2.45, 2.75) is 13.0 Å². The number of halogens is 2. The zero-order chi connectivity index (χ0) is 11.7. The molecule has 1 aromatic carbocycles. The quantitative estimate of drug-likeness (QED) is 0.877. The fraction of sp³-hybridized carbons (Fsp3) is 0.182. The van der Waals surface area contributed by atoms with E-state index in [0.29, 0.717) is 17.0 Å².